The number of likely N-dealkylation sites (tertiary alicyclic amines) is 1. The van der Waals surface area contributed by atoms with Gasteiger partial charge in [-0.15, -0.1) is 0 Å². The summed E-state index contributed by atoms with van der Waals surface area (Å²) in [4.78, 5) is 15.2. The lowest BCUT2D eigenvalue weighted by Gasteiger charge is -2.42. The molecule has 0 spiro atoms. The van der Waals surface area contributed by atoms with Gasteiger partial charge in [0, 0.05) is 18.4 Å². The number of hydrogen-bond donors (Lipinski definition) is 1. The molecule has 122 valence electrons. The lowest BCUT2D eigenvalue weighted by molar-refractivity contribution is -0.195. The van der Waals surface area contributed by atoms with Crippen LogP contribution in [0.4, 0.5) is 0 Å². The smallest absolute Gasteiger partial charge is 0.229 e. The van der Waals surface area contributed by atoms with Crippen molar-refractivity contribution in [1.29, 1.82) is 0 Å². The molecule has 1 aromatic rings. The Hall–Kier alpha value is -1.39. The number of amides is 1. The number of benzene rings is 1. The molecule has 4 heteroatoms. The normalized spacial score (nSPS) is 46.4. The van der Waals surface area contributed by atoms with Crippen LogP contribution in [0.3, 0.4) is 0 Å². The van der Waals surface area contributed by atoms with Crippen molar-refractivity contribution in [2.24, 2.45) is 29.6 Å². The van der Waals surface area contributed by atoms with Gasteiger partial charge in [-0.1, -0.05) is 44.2 Å². The molecule has 2 heterocycles. The van der Waals surface area contributed by atoms with Crippen LogP contribution in [0, 0.1) is 29.6 Å². The average Bonchev–Trinajstić information content (AvgIpc) is 3.20. The summed E-state index contributed by atoms with van der Waals surface area (Å²) in [5.41, 5.74) is 0.612. The number of ether oxygens (including phenoxy) is 1. The highest BCUT2D eigenvalue weighted by Gasteiger charge is 2.78. The van der Waals surface area contributed by atoms with E-state index in [4.69, 9.17) is 4.74 Å². The molecule has 2 aliphatic carbocycles. The van der Waals surface area contributed by atoms with Gasteiger partial charge in [-0.3, -0.25) is 4.79 Å². The Morgan fingerprint density at radius 3 is 2.74 bits per heavy atom. The summed E-state index contributed by atoms with van der Waals surface area (Å²) in [6, 6.07) is 10.2. The molecule has 2 saturated carbocycles. The third-order valence-corrected chi connectivity index (χ3v) is 6.84. The lowest BCUT2D eigenvalue weighted by atomic mass is 9.74. The first-order chi connectivity index (χ1) is 11.1. The molecule has 23 heavy (non-hydrogen) atoms. The van der Waals surface area contributed by atoms with E-state index in [1.165, 1.54) is 0 Å². The molecule has 0 aromatic heterocycles. The first kappa shape index (κ1) is 14.0. The zero-order chi connectivity index (χ0) is 15.9. The van der Waals surface area contributed by atoms with Crippen molar-refractivity contribution in [3.8, 4) is 0 Å². The van der Waals surface area contributed by atoms with Crippen LogP contribution < -0.4 is 0 Å². The number of rotatable bonds is 3. The number of fused-ring (bicyclic) bond motifs is 2. The molecule has 2 bridgehead atoms. The largest absolute Gasteiger partial charge is 0.390 e. The maximum absolute atomic E-state index is 13.2. The van der Waals surface area contributed by atoms with E-state index in [0.29, 0.717) is 12.5 Å². The van der Waals surface area contributed by atoms with E-state index in [0.717, 1.165) is 12.0 Å². The molecule has 5 rings (SSSR count). The summed E-state index contributed by atoms with van der Waals surface area (Å²) < 4.78 is 6.50. The van der Waals surface area contributed by atoms with Crippen LogP contribution in [0.2, 0.25) is 0 Å². The molecule has 2 aliphatic heterocycles. The van der Waals surface area contributed by atoms with Crippen molar-refractivity contribution < 1.29 is 14.6 Å². The third kappa shape index (κ3) is 1.47. The Morgan fingerprint density at radius 1 is 1.30 bits per heavy atom. The topological polar surface area (TPSA) is 49.8 Å². The van der Waals surface area contributed by atoms with Crippen molar-refractivity contribution in [3.63, 3.8) is 0 Å². The minimum atomic E-state index is -0.529. The van der Waals surface area contributed by atoms with Crippen LogP contribution >= 0.6 is 0 Å². The van der Waals surface area contributed by atoms with Gasteiger partial charge in [-0.05, 0) is 23.8 Å². The Morgan fingerprint density at radius 2 is 2.04 bits per heavy atom. The summed E-state index contributed by atoms with van der Waals surface area (Å²) >= 11 is 0. The fourth-order valence-corrected chi connectivity index (χ4v) is 6.08. The van der Waals surface area contributed by atoms with Gasteiger partial charge in [0.05, 0.1) is 18.1 Å². The molecule has 0 unspecified atom stereocenters. The second-order valence-corrected chi connectivity index (χ2v) is 8.00. The number of carbonyl (C=O) groups is 1. The summed E-state index contributed by atoms with van der Waals surface area (Å²) in [6.07, 6.45) is 0.431. The molecule has 4 aliphatic rings. The van der Waals surface area contributed by atoms with E-state index in [1.54, 1.807) is 0 Å². The second-order valence-electron chi connectivity index (χ2n) is 8.00. The van der Waals surface area contributed by atoms with Crippen LogP contribution in [-0.2, 0) is 16.1 Å². The first-order valence-electron chi connectivity index (χ1n) is 8.77. The quantitative estimate of drug-likeness (QED) is 0.929. The van der Waals surface area contributed by atoms with E-state index in [1.807, 2.05) is 23.1 Å². The molecule has 4 fully saturated rings. The zero-order valence-electron chi connectivity index (χ0n) is 13.6. The molecule has 1 aromatic carbocycles. The first-order valence-corrected chi connectivity index (χ1v) is 8.77. The molecular weight excluding hydrogens is 290 g/mol. The lowest BCUT2D eigenvalue weighted by Crippen LogP contribution is -2.53. The molecule has 7 atom stereocenters. The highest BCUT2D eigenvalue weighted by molar-refractivity contribution is 5.84. The molecule has 1 amide bonds. The van der Waals surface area contributed by atoms with Gasteiger partial charge < -0.3 is 14.7 Å². The Labute approximate surface area is 136 Å². The summed E-state index contributed by atoms with van der Waals surface area (Å²) in [5.74, 6) is 1.09. The Balaban J connectivity index is 1.59. The summed E-state index contributed by atoms with van der Waals surface area (Å²) in [6.45, 7) is 4.91. The molecule has 2 saturated heterocycles. The SMILES string of the molecule is CC(C)[C@]12O[C@@H]3[C@H](O)[C@H]4C[C@H]3[C@H]1[C@@H]4C(=O)N2Cc1ccccc1. The van der Waals surface area contributed by atoms with Gasteiger partial charge in [0.2, 0.25) is 5.91 Å². The average molecular weight is 313 g/mol. The fourth-order valence-electron chi connectivity index (χ4n) is 6.08. The predicted octanol–water partition coefficient (Wildman–Crippen LogP) is 2.02. The Bertz CT molecular complexity index is 660. The zero-order valence-corrected chi connectivity index (χ0v) is 13.6. The van der Waals surface area contributed by atoms with Crippen LogP contribution in [0.5, 0.6) is 0 Å². The second kappa shape index (κ2) is 4.37. The minimum Gasteiger partial charge on any atom is -0.390 e. The highest BCUT2D eigenvalue weighted by atomic mass is 16.6. The van der Waals surface area contributed by atoms with Gasteiger partial charge in [0.1, 0.15) is 5.72 Å². The van der Waals surface area contributed by atoms with E-state index >= 15 is 0 Å². The van der Waals surface area contributed by atoms with Crippen LogP contribution in [0.1, 0.15) is 25.8 Å². The van der Waals surface area contributed by atoms with Crippen molar-refractivity contribution in [2.75, 3.05) is 0 Å². The van der Waals surface area contributed by atoms with E-state index in [2.05, 4.69) is 26.0 Å². The van der Waals surface area contributed by atoms with Crippen molar-refractivity contribution >= 4 is 5.91 Å². The van der Waals surface area contributed by atoms with Gasteiger partial charge in [0.25, 0.3) is 0 Å². The van der Waals surface area contributed by atoms with Crippen molar-refractivity contribution in [1.82, 2.24) is 4.90 Å². The number of nitrogens with zero attached hydrogens (tertiary/aromatic N) is 1. The standard InChI is InChI=1S/C19H23NO3/c1-10(2)19-15-13-8-12(16(21)17(13)23-19)14(15)18(22)20(19)9-11-6-4-3-5-7-11/h3-7,10,12-17,21H,8-9H2,1-2H3/t12-,13-,14+,15-,16+,17-,19-/m0/s1. The molecule has 1 N–H and O–H groups in total. The van der Waals surface area contributed by atoms with E-state index < -0.39 is 11.8 Å². The monoisotopic (exact) mass is 313 g/mol. The molecule has 4 nitrogen and oxygen atoms in total. The minimum absolute atomic E-state index is 0.0418. The van der Waals surface area contributed by atoms with Crippen LogP contribution in [0.25, 0.3) is 0 Å². The van der Waals surface area contributed by atoms with Gasteiger partial charge in [-0.25, -0.2) is 0 Å². The number of carbonyl (C=O) groups excluding carboxylic acids is 1. The van der Waals surface area contributed by atoms with Crippen LogP contribution in [-0.4, -0.2) is 33.8 Å². The summed E-state index contributed by atoms with van der Waals surface area (Å²) in [5, 5.41) is 10.5. The van der Waals surface area contributed by atoms with Crippen molar-refractivity contribution in [3.05, 3.63) is 35.9 Å². The fraction of sp³-hybridized carbons (Fsp3) is 0.632. The van der Waals surface area contributed by atoms with Crippen LogP contribution in [0.15, 0.2) is 30.3 Å². The Kier molecular flexibility index (Phi) is 2.66. The maximum atomic E-state index is 13.2. The maximum Gasteiger partial charge on any atom is 0.229 e. The van der Waals surface area contributed by atoms with Crippen molar-refractivity contribution in [2.45, 2.75) is 44.7 Å². The number of aliphatic hydroxyl groups is 1. The number of aliphatic hydroxyl groups excluding tert-OH is 1. The van der Waals surface area contributed by atoms with Gasteiger partial charge in [0.15, 0.2) is 0 Å². The van der Waals surface area contributed by atoms with E-state index in [-0.39, 0.29) is 35.7 Å². The van der Waals surface area contributed by atoms with Gasteiger partial charge in [-0.2, -0.15) is 0 Å². The molecule has 0 radical (unpaired) electrons. The molecular formula is C19H23NO3. The predicted molar refractivity (Wildman–Crippen MR) is 84.0 cm³/mol. The highest BCUT2D eigenvalue weighted by Crippen LogP contribution is 2.69. The summed E-state index contributed by atoms with van der Waals surface area (Å²) in [7, 11) is 0. The third-order valence-electron chi connectivity index (χ3n) is 6.84. The van der Waals surface area contributed by atoms with Gasteiger partial charge >= 0.3 is 0 Å². The number of hydrogen-bond acceptors (Lipinski definition) is 3. The van der Waals surface area contributed by atoms with E-state index in [9.17, 15) is 9.90 Å².